The molecule has 0 spiro atoms. The first-order chi connectivity index (χ1) is 9.15. The summed E-state index contributed by atoms with van der Waals surface area (Å²) in [5.41, 5.74) is 4.12. The molecular weight excluding hydrogens is 365 g/mol. The van der Waals surface area contributed by atoms with Gasteiger partial charge in [0.25, 0.3) is 0 Å². The van der Waals surface area contributed by atoms with Crippen molar-refractivity contribution in [1.29, 1.82) is 0 Å². The Labute approximate surface area is 133 Å². The smallest absolute Gasteiger partial charge is 0.0656 e. The SMILES string of the molecule is CCC(C)c1ccc(C(NC)c2csc(I)c2)cc1. The lowest BCUT2D eigenvalue weighted by Crippen LogP contribution is -2.17. The second kappa shape index (κ2) is 6.86. The highest BCUT2D eigenvalue weighted by Crippen LogP contribution is 2.28. The van der Waals surface area contributed by atoms with Crippen molar-refractivity contribution in [3.05, 3.63) is 55.3 Å². The maximum Gasteiger partial charge on any atom is 0.0656 e. The summed E-state index contributed by atoms with van der Waals surface area (Å²) in [6.45, 7) is 4.52. The van der Waals surface area contributed by atoms with E-state index in [9.17, 15) is 0 Å². The van der Waals surface area contributed by atoms with E-state index in [1.165, 1.54) is 26.0 Å². The fourth-order valence-electron chi connectivity index (χ4n) is 2.25. The Morgan fingerprint density at radius 2 is 1.79 bits per heavy atom. The van der Waals surface area contributed by atoms with Crippen molar-refractivity contribution >= 4 is 33.9 Å². The molecule has 1 N–H and O–H groups in total. The van der Waals surface area contributed by atoms with Gasteiger partial charge in [-0.25, -0.2) is 0 Å². The number of hydrogen-bond donors (Lipinski definition) is 1. The summed E-state index contributed by atoms with van der Waals surface area (Å²) in [5, 5.41) is 5.66. The summed E-state index contributed by atoms with van der Waals surface area (Å²) in [6, 6.07) is 11.6. The molecule has 0 radical (unpaired) electrons. The first-order valence-corrected chi connectivity index (χ1v) is 8.62. The molecule has 1 aromatic heterocycles. The van der Waals surface area contributed by atoms with E-state index in [4.69, 9.17) is 0 Å². The Balaban J connectivity index is 2.24. The van der Waals surface area contributed by atoms with E-state index in [-0.39, 0.29) is 0 Å². The summed E-state index contributed by atoms with van der Waals surface area (Å²) in [4.78, 5) is 0. The molecule has 2 rings (SSSR count). The molecule has 2 unspecified atom stereocenters. The summed E-state index contributed by atoms with van der Waals surface area (Å²) < 4.78 is 1.34. The van der Waals surface area contributed by atoms with E-state index in [1.807, 2.05) is 7.05 Å². The molecule has 0 saturated carbocycles. The minimum Gasteiger partial charge on any atom is -0.309 e. The van der Waals surface area contributed by atoms with E-state index in [0.29, 0.717) is 12.0 Å². The van der Waals surface area contributed by atoms with Crippen LogP contribution in [0.2, 0.25) is 0 Å². The quantitative estimate of drug-likeness (QED) is 0.700. The van der Waals surface area contributed by atoms with Gasteiger partial charge in [-0.2, -0.15) is 0 Å². The molecule has 1 nitrogen and oxygen atoms in total. The van der Waals surface area contributed by atoms with Gasteiger partial charge < -0.3 is 5.32 Å². The van der Waals surface area contributed by atoms with Gasteiger partial charge in [-0.3, -0.25) is 0 Å². The van der Waals surface area contributed by atoms with Crippen molar-refractivity contribution in [2.45, 2.75) is 32.2 Å². The lowest BCUT2D eigenvalue weighted by atomic mass is 9.94. The van der Waals surface area contributed by atoms with Crippen LogP contribution >= 0.6 is 33.9 Å². The van der Waals surface area contributed by atoms with E-state index >= 15 is 0 Å². The highest BCUT2D eigenvalue weighted by molar-refractivity contribution is 14.1. The van der Waals surface area contributed by atoms with Crippen molar-refractivity contribution in [2.75, 3.05) is 7.05 Å². The average Bonchev–Trinajstić information content (AvgIpc) is 2.86. The monoisotopic (exact) mass is 385 g/mol. The Kier molecular flexibility index (Phi) is 5.42. The number of rotatable bonds is 5. The van der Waals surface area contributed by atoms with Gasteiger partial charge in [-0.05, 0) is 70.1 Å². The summed E-state index contributed by atoms with van der Waals surface area (Å²) in [6.07, 6.45) is 1.19. The number of hydrogen-bond acceptors (Lipinski definition) is 2. The molecule has 102 valence electrons. The number of benzene rings is 1. The van der Waals surface area contributed by atoms with Gasteiger partial charge in [0.15, 0.2) is 0 Å². The largest absolute Gasteiger partial charge is 0.309 e. The molecule has 0 fully saturated rings. The van der Waals surface area contributed by atoms with E-state index in [0.717, 1.165) is 0 Å². The first-order valence-electron chi connectivity index (χ1n) is 6.66. The van der Waals surface area contributed by atoms with Gasteiger partial charge in [0, 0.05) is 0 Å². The summed E-state index contributed by atoms with van der Waals surface area (Å²) in [5.74, 6) is 0.643. The molecule has 1 aromatic carbocycles. The van der Waals surface area contributed by atoms with Crippen LogP contribution in [-0.2, 0) is 0 Å². The lowest BCUT2D eigenvalue weighted by molar-refractivity contribution is 0.690. The minimum absolute atomic E-state index is 0.297. The summed E-state index contributed by atoms with van der Waals surface area (Å²) >= 11 is 4.18. The predicted octanol–water partition coefficient (Wildman–Crippen LogP) is 5.18. The van der Waals surface area contributed by atoms with Crippen LogP contribution in [0.25, 0.3) is 0 Å². The Morgan fingerprint density at radius 3 is 2.26 bits per heavy atom. The van der Waals surface area contributed by atoms with Crippen LogP contribution in [0.15, 0.2) is 35.7 Å². The van der Waals surface area contributed by atoms with Crippen molar-refractivity contribution < 1.29 is 0 Å². The molecule has 2 aromatic rings. The van der Waals surface area contributed by atoms with E-state index in [2.05, 4.69) is 77.5 Å². The molecule has 0 bridgehead atoms. The highest BCUT2D eigenvalue weighted by atomic mass is 127. The lowest BCUT2D eigenvalue weighted by Gasteiger charge is -2.17. The topological polar surface area (TPSA) is 12.0 Å². The molecule has 1 heterocycles. The fraction of sp³-hybridized carbons (Fsp3) is 0.375. The second-order valence-electron chi connectivity index (χ2n) is 4.88. The van der Waals surface area contributed by atoms with Crippen LogP contribution in [0.3, 0.4) is 0 Å². The van der Waals surface area contributed by atoms with Gasteiger partial charge in [0.05, 0.1) is 8.93 Å². The minimum atomic E-state index is 0.297. The van der Waals surface area contributed by atoms with Crippen LogP contribution in [0, 0.1) is 2.88 Å². The molecule has 2 atom stereocenters. The Morgan fingerprint density at radius 1 is 1.16 bits per heavy atom. The predicted molar refractivity (Wildman–Crippen MR) is 93.1 cm³/mol. The number of halogens is 1. The molecule has 3 heteroatoms. The Hall–Kier alpha value is -0.390. The zero-order valence-electron chi connectivity index (χ0n) is 11.6. The molecule has 0 aliphatic carbocycles. The van der Waals surface area contributed by atoms with Gasteiger partial charge >= 0.3 is 0 Å². The van der Waals surface area contributed by atoms with Gasteiger partial charge in [0.2, 0.25) is 0 Å². The molecule has 19 heavy (non-hydrogen) atoms. The Bertz CT molecular complexity index is 518. The van der Waals surface area contributed by atoms with Crippen LogP contribution in [-0.4, -0.2) is 7.05 Å². The van der Waals surface area contributed by atoms with Crippen molar-refractivity contribution in [2.24, 2.45) is 0 Å². The van der Waals surface area contributed by atoms with Crippen molar-refractivity contribution in [1.82, 2.24) is 5.32 Å². The third kappa shape index (κ3) is 3.58. The van der Waals surface area contributed by atoms with E-state index in [1.54, 1.807) is 11.3 Å². The van der Waals surface area contributed by atoms with E-state index < -0.39 is 0 Å². The van der Waals surface area contributed by atoms with Gasteiger partial charge in [-0.1, -0.05) is 38.1 Å². The number of thiophene rings is 1. The van der Waals surface area contributed by atoms with Crippen molar-refractivity contribution in [3.63, 3.8) is 0 Å². The maximum atomic E-state index is 3.41. The third-order valence-corrected chi connectivity index (χ3v) is 5.47. The van der Waals surface area contributed by atoms with Crippen molar-refractivity contribution in [3.8, 4) is 0 Å². The molecule has 0 aliphatic heterocycles. The summed E-state index contributed by atoms with van der Waals surface area (Å²) in [7, 11) is 2.03. The average molecular weight is 385 g/mol. The first kappa shape index (κ1) is 15.0. The van der Waals surface area contributed by atoms with Crippen LogP contribution in [0.5, 0.6) is 0 Å². The molecule has 0 saturated heterocycles. The zero-order chi connectivity index (χ0) is 13.8. The molecule has 0 amide bonds. The molecular formula is C16H20INS. The standard InChI is InChI=1S/C16H20INS/c1-4-11(2)12-5-7-13(8-6-12)16(18-3)14-9-15(17)19-10-14/h5-11,16,18H,4H2,1-3H3. The molecule has 0 aliphatic rings. The van der Waals surface area contributed by atoms with Gasteiger partial charge in [0.1, 0.15) is 0 Å². The maximum absolute atomic E-state index is 3.41. The second-order valence-corrected chi connectivity index (χ2v) is 7.69. The highest BCUT2D eigenvalue weighted by Gasteiger charge is 2.13. The van der Waals surface area contributed by atoms with Crippen LogP contribution in [0.4, 0.5) is 0 Å². The third-order valence-electron chi connectivity index (χ3n) is 3.66. The number of nitrogens with one attached hydrogen (secondary N) is 1. The van der Waals surface area contributed by atoms with Crippen LogP contribution in [0.1, 0.15) is 48.9 Å². The zero-order valence-corrected chi connectivity index (χ0v) is 14.6. The van der Waals surface area contributed by atoms with Crippen LogP contribution < -0.4 is 5.32 Å². The normalized spacial score (nSPS) is 14.3. The fourth-order valence-corrected chi connectivity index (χ4v) is 3.65. The van der Waals surface area contributed by atoms with Gasteiger partial charge in [-0.15, -0.1) is 11.3 Å².